The van der Waals surface area contributed by atoms with Crippen LogP contribution in [-0.4, -0.2) is 64.2 Å². The number of amides is 2. The maximum atomic E-state index is 12.4. The van der Waals surface area contributed by atoms with Gasteiger partial charge in [0.25, 0.3) is 0 Å². The number of nitrogens with one attached hydrogen (secondary N) is 1. The number of nitrogens with two attached hydrogens (primary N) is 1. The van der Waals surface area contributed by atoms with E-state index < -0.39 is 36.0 Å². The lowest BCUT2D eigenvalue weighted by atomic mass is 10.0. The van der Waals surface area contributed by atoms with Crippen LogP contribution in [0.25, 0.3) is 0 Å². The van der Waals surface area contributed by atoms with E-state index in [-0.39, 0.29) is 25.4 Å². The third-order valence-corrected chi connectivity index (χ3v) is 3.28. The number of hydrogen-bond acceptors (Lipinski definition) is 5. The first kappa shape index (κ1) is 16.4. The fourth-order valence-electron chi connectivity index (χ4n) is 2.22. The number of rotatable bonds is 5. The Balaban J connectivity index is 2.88. The monoisotopic (exact) mass is 287 g/mol. The summed E-state index contributed by atoms with van der Waals surface area (Å²) in [4.78, 5) is 36.0. The first-order valence-corrected chi connectivity index (χ1v) is 6.48. The quantitative estimate of drug-likeness (QED) is 0.468. The first-order chi connectivity index (χ1) is 9.27. The maximum absolute atomic E-state index is 12.4. The summed E-state index contributed by atoms with van der Waals surface area (Å²) in [6, 6.07) is -1.91. The molecule has 0 aromatic heterocycles. The predicted molar refractivity (Wildman–Crippen MR) is 69.6 cm³/mol. The van der Waals surface area contributed by atoms with E-state index in [1.165, 1.54) is 0 Å². The highest BCUT2D eigenvalue weighted by Gasteiger charge is 2.42. The van der Waals surface area contributed by atoms with Gasteiger partial charge in [-0.15, -0.1) is 0 Å². The van der Waals surface area contributed by atoms with Gasteiger partial charge >= 0.3 is 5.97 Å². The Kier molecular flexibility index (Phi) is 5.46. The van der Waals surface area contributed by atoms with Gasteiger partial charge in [0.15, 0.2) is 0 Å². The van der Waals surface area contributed by atoms with Crippen LogP contribution < -0.4 is 11.1 Å². The van der Waals surface area contributed by atoms with Crippen LogP contribution in [0.2, 0.25) is 0 Å². The average Bonchev–Trinajstić information content (AvgIpc) is 2.76. The highest BCUT2D eigenvalue weighted by atomic mass is 16.4. The number of carboxylic acids is 1. The summed E-state index contributed by atoms with van der Waals surface area (Å²) in [7, 11) is 0. The molecule has 0 spiro atoms. The van der Waals surface area contributed by atoms with Gasteiger partial charge < -0.3 is 26.2 Å². The molecule has 0 saturated carbocycles. The van der Waals surface area contributed by atoms with Crippen molar-refractivity contribution in [2.24, 2.45) is 11.7 Å². The number of aliphatic hydroxyl groups is 1. The topological polar surface area (TPSA) is 133 Å². The molecule has 0 aliphatic carbocycles. The highest BCUT2D eigenvalue weighted by Crippen LogP contribution is 2.20. The molecule has 8 heteroatoms. The molecule has 0 aromatic carbocycles. The van der Waals surface area contributed by atoms with E-state index in [9.17, 15) is 19.5 Å². The molecule has 1 unspecified atom stereocenters. The average molecular weight is 287 g/mol. The SMILES string of the molecule is CC(C)[C@H](NC(=O)CN)C(=O)N1CC(O)C[C@H]1C(=O)O. The minimum absolute atomic E-state index is 0.00325. The van der Waals surface area contributed by atoms with Crippen LogP contribution in [0.5, 0.6) is 0 Å². The Bertz CT molecular complexity index is 399. The molecule has 8 nitrogen and oxygen atoms in total. The summed E-state index contributed by atoms with van der Waals surface area (Å²) in [5.41, 5.74) is 5.20. The minimum Gasteiger partial charge on any atom is -0.480 e. The molecular formula is C12H21N3O5. The van der Waals surface area contributed by atoms with E-state index in [2.05, 4.69) is 5.32 Å². The van der Waals surface area contributed by atoms with Gasteiger partial charge in [-0.25, -0.2) is 4.79 Å². The van der Waals surface area contributed by atoms with Crippen molar-refractivity contribution in [2.45, 2.75) is 38.5 Å². The van der Waals surface area contributed by atoms with Gasteiger partial charge in [-0.05, 0) is 5.92 Å². The van der Waals surface area contributed by atoms with Crippen molar-refractivity contribution in [3.05, 3.63) is 0 Å². The lowest BCUT2D eigenvalue weighted by molar-refractivity contribution is -0.149. The second kappa shape index (κ2) is 6.67. The fourth-order valence-corrected chi connectivity index (χ4v) is 2.22. The van der Waals surface area contributed by atoms with Crippen LogP contribution in [-0.2, 0) is 14.4 Å². The number of hydrogen-bond donors (Lipinski definition) is 4. The number of aliphatic carboxylic acids is 1. The molecule has 1 aliphatic heterocycles. The summed E-state index contributed by atoms with van der Waals surface area (Å²) in [5, 5.41) is 21.1. The smallest absolute Gasteiger partial charge is 0.326 e. The van der Waals surface area contributed by atoms with E-state index >= 15 is 0 Å². The van der Waals surface area contributed by atoms with Crippen LogP contribution in [0.3, 0.4) is 0 Å². The Hall–Kier alpha value is -1.67. The zero-order chi connectivity index (χ0) is 15.4. The van der Waals surface area contributed by atoms with Crippen molar-refractivity contribution in [1.82, 2.24) is 10.2 Å². The van der Waals surface area contributed by atoms with E-state index in [1.54, 1.807) is 13.8 Å². The molecular weight excluding hydrogens is 266 g/mol. The molecule has 1 saturated heterocycles. The summed E-state index contributed by atoms with van der Waals surface area (Å²) >= 11 is 0. The molecule has 3 atom stereocenters. The van der Waals surface area contributed by atoms with Crippen LogP contribution in [0, 0.1) is 5.92 Å². The molecule has 2 amide bonds. The highest BCUT2D eigenvalue weighted by molar-refractivity contribution is 5.91. The van der Waals surface area contributed by atoms with E-state index in [0.717, 1.165) is 4.90 Å². The molecule has 1 heterocycles. The Labute approximate surface area is 116 Å². The van der Waals surface area contributed by atoms with Gasteiger partial charge in [-0.1, -0.05) is 13.8 Å². The van der Waals surface area contributed by atoms with Gasteiger partial charge in [-0.3, -0.25) is 9.59 Å². The third kappa shape index (κ3) is 3.67. The standard InChI is InChI=1S/C12H21N3O5/c1-6(2)10(14-9(17)4-13)11(18)15-5-7(16)3-8(15)12(19)20/h6-8,10,16H,3-5,13H2,1-2H3,(H,14,17)(H,19,20)/t7?,8-,10-/m0/s1. The normalized spacial score (nSPS) is 23.8. The number of aliphatic hydroxyl groups excluding tert-OH is 1. The van der Waals surface area contributed by atoms with Gasteiger partial charge in [0.05, 0.1) is 12.6 Å². The second-order valence-electron chi connectivity index (χ2n) is 5.23. The summed E-state index contributed by atoms with van der Waals surface area (Å²) in [5.74, 6) is -2.37. The first-order valence-electron chi connectivity index (χ1n) is 6.48. The lowest BCUT2D eigenvalue weighted by Gasteiger charge is -2.29. The van der Waals surface area contributed by atoms with Crippen molar-refractivity contribution in [1.29, 1.82) is 0 Å². The maximum Gasteiger partial charge on any atom is 0.326 e. The lowest BCUT2D eigenvalue weighted by Crippen LogP contribution is -2.54. The number of likely N-dealkylation sites (tertiary alicyclic amines) is 1. The number of β-amino-alcohol motifs (C(OH)–C–C–N with tert-alkyl or cyclic N) is 1. The van der Waals surface area contributed by atoms with Gasteiger partial charge in [0, 0.05) is 13.0 Å². The number of carbonyl (C=O) groups excluding carboxylic acids is 2. The van der Waals surface area contributed by atoms with Crippen LogP contribution in [0.1, 0.15) is 20.3 Å². The zero-order valence-electron chi connectivity index (χ0n) is 11.6. The number of carbonyl (C=O) groups is 3. The Morgan fingerprint density at radius 1 is 1.40 bits per heavy atom. The Morgan fingerprint density at radius 3 is 2.45 bits per heavy atom. The van der Waals surface area contributed by atoms with Crippen LogP contribution >= 0.6 is 0 Å². The number of nitrogens with zero attached hydrogens (tertiary/aromatic N) is 1. The molecule has 1 fully saturated rings. The molecule has 1 rings (SSSR count). The second-order valence-corrected chi connectivity index (χ2v) is 5.23. The number of carboxylic acid groups (broad SMARTS) is 1. The summed E-state index contributed by atoms with van der Waals surface area (Å²) in [6.07, 6.45) is -0.866. The molecule has 1 aliphatic rings. The molecule has 0 bridgehead atoms. The van der Waals surface area contributed by atoms with E-state index in [0.29, 0.717) is 0 Å². The molecule has 0 aromatic rings. The van der Waals surface area contributed by atoms with Crippen molar-refractivity contribution in [3.63, 3.8) is 0 Å². The van der Waals surface area contributed by atoms with Crippen LogP contribution in [0.4, 0.5) is 0 Å². The molecule has 20 heavy (non-hydrogen) atoms. The summed E-state index contributed by atoms with van der Waals surface area (Å²) in [6.45, 7) is 3.18. The van der Waals surface area contributed by atoms with Crippen molar-refractivity contribution in [3.8, 4) is 0 Å². The van der Waals surface area contributed by atoms with Gasteiger partial charge in [0.1, 0.15) is 12.1 Å². The largest absolute Gasteiger partial charge is 0.480 e. The Morgan fingerprint density at radius 2 is 2.00 bits per heavy atom. The van der Waals surface area contributed by atoms with E-state index in [4.69, 9.17) is 10.8 Å². The van der Waals surface area contributed by atoms with Crippen molar-refractivity contribution in [2.75, 3.05) is 13.1 Å². The van der Waals surface area contributed by atoms with Crippen molar-refractivity contribution >= 4 is 17.8 Å². The summed E-state index contributed by atoms with van der Waals surface area (Å²) < 4.78 is 0. The fraction of sp³-hybridized carbons (Fsp3) is 0.750. The predicted octanol–water partition coefficient (Wildman–Crippen LogP) is -1.87. The third-order valence-electron chi connectivity index (χ3n) is 3.28. The van der Waals surface area contributed by atoms with Gasteiger partial charge in [0.2, 0.25) is 11.8 Å². The minimum atomic E-state index is -1.16. The molecule has 5 N–H and O–H groups in total. The molecule has 0 radical (unpaired) electrons. The zero-order valence-corrected chi connectivity index (χ0v) is 11.6. The van der Waals surface area contributed by atoms with Crippen molar-refractivity contribution < 1.29 is 24.6 Å². The molecule has 114 valence electrons. The van der Waals surface area contributed by atoms with E-state index in [1.807, 2.05) is 0 Å². The van der Waals surface area contributed by atoms with Crippen LogP contribution in [0.15, 0.2) is 0 Å². The van der Waals surface area contributed by atoms with Gasteiger partial charge in [-0.2, -0.15) is 0 Å².